The zero-order valence-corrected chi connectivity index (χ0v) is 24.7. The first kappa shape index (κ1) is 28.3. The van der Waals surface area contributed by atoms with Gasteiger partial charge in [0.1, 0.15) is 0 Å². The molecule has 5 fully saturated rings. The Morgan fingerprint density at radius 1 is 1.00 bits per heavy atom. The fourth-order valence-electron chi connectivity index (χ4n) is 11.2. The molecule has 5 saturated carbocycles. The Balaban J connectivity index is 1.41. The fourth-order valence-corrected chi connectivity index (χ4v) is 11.7. The molecule has 8 heteroatoms. The van der Waals surface area contributed by atoms with Crippen molar-refractivity contribution >= 4 is 22.2 Å². The van der Waals surface area contributed by atoms with E-state index in [1.54, 1.807) is 6.08 Å². The van der Waals surface area contributed by atoms with Gasteiger partial charge < -0.3 is 9.29 Å². The molecule has 0 aliphatic heterocycles. The molecule has 7 nitrogen and oxygen atoms in total. The molecule has 10 atom stereocenters. The van der Waals surface area contributed by atoms with Gasteiger partial charge in [-0.3, -0.25) is 13.8 Å². The molecule has 38 heavy (non-hydrogen) atoms. The van der Waals surface area contributed by atoms with E-state index in [1.165, 1.54) is 13.5 Å². The van der Waals surface area contributed by atoms with E-state index in [2.05, 4.69) is 20.8 Å². The van der Waals surface area contributed by atoms with E-state index in [1.807, 2.05) is 13.8 Å². The van der Waals surface area contributed by atoms with Gasteiger partial charge in [-0.25, -0.2) is 8.42 Å². The third-order valence-corrected chi connectivity index (χ3v) is 13.2. The van der Waals surface area contributed by atoms with Crippen molar-refractivity contribution in [1.29, 1.82) is 0 Å². The van der Waals surface area contributed by atoms with E-state index in [0.29, 0.717) is 30.6 Å². The van der Waals surface area contributed by atoms with Crippen molar-refractivity contribution in [2.45, 2.75) is 105 Å². The lowest BCUT2D eigenvalue weighted by Crippen LogP contribution is -2.57. The summed E-state index contributed by atoms with van der Waals surface area (Å²) in [5, 5.41) is 0. The highest BCUT2D eigenvalue weighted by atomic mass is 32.3. The van der Waals surface area contributed by atoms with Gasteiger partial charge in [0.15, 0.2) is 5.78 Å². The van der Waals surface area contributed by atoms with E-state index < -0.39 is 28.4 Å². The van der Waals surface area contributed by atoms with E-state index >= 15 is 0 Å². The lowest BCUT2D eigenvalue weighted by Gasteiger charge is -2.62. The van der Waals surface area contributed by atoms with Gasteiger partial charge in [0.05, 0.1) is 19.1 Å². The largest absolute Gasteiger partial charge is 0.726 e. The number of hydrogen-bond acceptors (Lipinski definition) is 7. The maximum Gasteiger partial charge on any atom is 0.311 e. The number of carbonyl (C=O) groups excluding carboxylic acids is 2. The van der Waals surface area contributed by atoms with Crippen LogP contribution in [0, 0.1) is 51.2 Å². The lowest BCUT2D eigenvalue weighted by atomic mass is 9.42. The second kappa shape index (κ2) is 9.13. The zero-order chi connectivity index (χ0) is 27.9. The molecule has 5 aliphatic rings. The second-order valence-electron chi connectivity index (χ2n) is 14.2. The second-order valence-corrected chi connectivity index (χ2v) is 15.2. The summed E-state index contributed by atoms with van der Waals surface area (Å²) in [6, 6.07) is 0. The summed E-state index contributed by atoms with van der Waals surface area (Å²) >= 11 is 0. The van der Waals surface area contributed by atoms with Crippen LogP contribution in [0.4, 0.5) is 0 Å². The normalized spacial score (nSPS) is 46.0. The smallest absolute Gasteiger partial charge is 0.311 e. The zero-order valence-electron chi connectivity index (χ0n) is 23.9. The minimum absolute atomic E-state index is 0.00522. The molecule has 0 saturated heterocycles. The van der Waals surface area contributed by atoms with Crippen molar-refractivity contribution in [3.05, 3.63) is 11.6 Å². The van der Waals surface area contributed by atoms with Crippen molar-refractivity contribution in [3.8, 4) is 0 Å². The summed E-state index contributed by atoms with van der Waals surface area (Å²) in [5.74, 6) is 0.459. The summed E-state index contributed by atoms with van der Waals surface area (Å²) in [5.41, 5.74) is 1.55. The summed E-state index contributed by atoms with van der Waals surface area (Å²) in [7, 11) is -3.58. The van der Waals surface area contributed by atoms with Gasteiger partial charge in [0.2, 0.25) is 10.4 Å². The van der Waals surface area contributed by atoms with Gasteiger partial charge >= 0.3 is 5.97 Å². The molecular weight excluding hydrogens is 504 g/mol. The van der Waals surface area contributed by atoms with Crippen molar-refractivity contribution in [3.63, 3.8) is 0 Å². The molecule has 5 aliphatic carbocycles. The predicted molar refractivity (Wildman–Crippen MR) is 141 cm³/mol. The number of carbonyl (C=O) groups is 2. The van der Waals surface area contributed by atoms with E-state index in [0.717, 1.165) is 50.5 Å². The van der Waals surface area contributed by atoms with Crippen LogP contribution < -0.4 is 0 Å². The first-order valence-corrected chi connectivity index (χ1v) is 15.9. The standard InChI is InChI=1S/C30H46O7S/c1-18(2)15-20(31)16-19(3)21-9-11-28(5)24-8-7-22-25(26(32)36-6)23(37-38(33,34)35)10-12-29(22)17-30(24,29)14-13-27(21,28)4/h15,19,21-25H,7-14,16-17H2,1-6H3,(H,33,34,35)/p-1/t19-,21-,22+,23+,24+,25+,27-,28+,29-,30+/m1/s1. The van der Waals surface area contributed by atoms with Crippen LogP contribution in [-0.4, -0.2) is 37.9 Å². The molecule has 0 radical (unpaired) electrons. The van der Waals surface area contributed by atoms with Crippen LogP contribution in [0.15, 0.2) is 11.6 Å². The first-order valence-electron chi connectivity index (χ1n) is 14.5. The van der Waals surface area contributed by atoms with Crippen LogP contribution in [0.25, 0.3) is 0 Å². The third kappa shape index (κ3) is 3.98. The summed E-state index contributed by atoms with van der Waals surface area (Å²) in [4.78, 5) is 25.6. The highest BCUT2D eigenvalue weighted by Gasteiger charge is 2.82. The quantitative estimate of drug-likeness (QED) is 0.176. The maximum atomic E-state index is 13.0. The molecular formula is C30H45O7S-. The molecule has 0 aromatic heterocycles. The fraction of sp³-hybridized carbons (Fsp3) is 0.867. The number of esters is 1. The molecule has 214 valence electrons. The average molecular weight is 550 g/mol. The minimum Gasteiger partial charge on any atom is -0.726 e. The van der Waals surface area contributed by atoms with Crippen LogP contribution in [0.2, 0.25) is 0 Å². The Morgan fingerprint density at radius 2 is 1.71 bits per heavy atom. The third-order valence-electron chi connectivity index (χ3n) is 12.7. The molecule has 0 aromatic rings. The highest BCUT2D eigenvalue weighted by Crippen LogP contribution is 2.88. The number of ether oxygens (including phenoxy) is 1. The van der Waals surface area contributed by atoms with Gasteiger partial charge in [-0.05, 0) is 123 Å². The summed E-state index contributed by atoms with van der Waals surface area (Å²) in [6.07, 6.45) is 10.1. The monoisotopic (exact) mass is 549 g/mol. The van der Waals surface area contributed by atoms with Gasteiger partial charge in [0, 0.05) is 6.42 Å². The van der Waals surface area contributed by atoms with Crippen LogP contribution >= 0.6 is 0 Å². The van der Waals surface area contributed by atoms with Crippen LogP contribution in [-0.2, 0) is 28.9 Å². The van der Waals surface area contributed by atoms with Crippen molar-refractivity contribution in [2.75, 3.05) is 7.11 Å². The van der Waals surface area contributed by atoms with Crippen LogP contribution in [0.3, 0.4) is 0 Å². The molecule has 0 bridgehead atoms. The topological polar surface area (TPSA) is 110 Å². The molecule has 2 spiro atoms. The Bertz CT molecular complexity index is 1140. The Hall–Kier alpha value is -1.25. The Kier molecular flexibility index (Phi) is 6.80. The number of methoxy groups -OCH3 is 1. The van der Waals surface area contributed by atoms with Crippen molar-refractivity contribution < 1.29 is 31.5 Å². The first-order chi connectivity index (χ1) is 17.6. The number of allylic oxidation sites excluding steroid dienone is 2. The van der Waals surface area contributed by atoms with E-state index in [9.17, 15) is 22.6 Å². The summed E-state index contributed by atoms with van der Waals surface area (Å²) in [6.45, 7) is 11.2. The van der Waals surface area contributed by atoms with Crippen LogP contribution in [0.5, 0.6) is 0 Å². The lowest BCUT2D eigenvalue weighted by molar-refractivity contribution is -0.169. The molecule has 0 amide bonds. The number of fused-ring (bicyclic) bond motifs is 2. The molecule has 0 N–H and O–H groups in total. The molecule has 0 unspecified atom stereocenters. The van der Waals surface area contributed by atoms with Gasteiger partial charge in [-0.2, -0.15) is 0 Å². The van der Waals surface area contributed by atoms with Gasteiger partial charge in [0.25, 0.3) is 0 Å². The SMILES string of the molecule is COC(=O)[C@@H]1[C@@H](OS(=O)(=O)[O-])CC[C@]23C[C@]24CC[C@]2(C)[C@@H]([C@H](C)CC(=O)C=C(C)C)CC[C@@]2(C)[C@@H]4CC[C@@H]13. The van der Waals surface area contributed by atoms with Gasteiger partial charge in [-0.1, -0.05) is 26.3 Å². The van der Waals surface area contributed by atoms with Crippen molar-refractivity contribution in [1.82, 2.24) is 0 Å². The van der Waals surface area contributed by atoms with Crippen LogP contribution in [0.1, 0.15) is 98.8 Å². The number of hydrogen-bond donors (Lipinski definition) is 0. The number of rotatable bonds is 7. The number of ketones is 1. The molecule has 0 heterocycles. The van der Waals surface area contributed by atoms with Gasteiger partial charge in [-0.15, -0.1) is 0 Å². The van der Waals surface area contributed by atoms with E-state index in [4.69, 9.17) is 8.92 Å². The predicted octanol–water partition coefficient (Wildman–Crippen LogP) is 5.60. The van der Waals surface area contributed by atoms with Crippen molar-refractivity contribution in [2.24, 2.45) is 51.2 Å². The minimum atomic E-state index is -4.91. The summed E-state index contributed by atoms with van der Waals surface area (Å²) < 4.78 is 44.5. The maximum absolute atomic E-state index is 13.0. The van der Waals surface area contributed by atoms with E-state index in [-0.39, 0.29) is 33.4 Å². The molecule has 0 aromatic carbocycles. The molecule has 5 rings (SSSR count). The average Bonchev–Trinajstić information content (AvgIpc) is 3.39. The highest BCUT2D eigenvalue weighted by molar-refractivity contribution is 7.80. The Labute approximate surface area is 228 Å². The Morgan fingerprint density at radius 3 is 2.34 bits per heavy atom.